The molecule has 0 saturated carbocycles. The van der Waals surface area contributed by atoms with E-state index in [0.29, 0.717) is 5.70 Å². The maximum atomic E-state index is 12.1. The van der Waals surface area contributed by atoms with Crippen molar-refractivity contribution in [3.63, 3.8) is 0 Å². The van der Waals surface area contributed by atoms with Crippen LogP contribution >= 0.6 is 0 Å². The van der Waals surface area contributed by atoms with Gasteiger partial charge in [0.1, 0.15) is 0 Å². The van der Waals surface area contributed by atoms with Crippen molar-refractivity contribution in [1.82, 2.24) is 4.90 Å². The van der Waals surface area contributed by atoms with Crippen LogP contribution in [0.3, 0.4) is 0 Å². The van der Waals surface area contributed by atoms with E-state index in [1.807, 2.05) is 24.3 Å². The molecule has 0 aliphatic carbocycles. The van der Waals surface area contributed by atoms with Gasteiger partial charge in [0.05, 0.1) is 18.9 Å². The summed E-state index contributed by atoms with van der Waals surface area (Å²) in [6.45, 7) is 3.77. The SMILES string of the molecule is CCOC(=O)C(C(=O)OCC)=C1C=CC=C2C=CC=CN21. The predicted molar refractivity (Wildman–Crippen MR) is 77.6 cm³/mol. The largest absolute Gasteiger partial charge is 0.462 e. The highest BCUT2D eigenvalue weighted by molar-refractivity contribution is 6.15. The third-order valence-electron chi connectivity index (χ3n) is 2.89. The van der Waals surface area contributed by atoms with Crippen LogP contribution in [0.4, 0.5) is 0 Å². The number of esters is 2. The van der Waals surface area contributed by atoms with E-state index in [4.69, 9.17) is 9.47 Å². The Morgan fingerprint density at radius 1 is 1.00 bits per heavy atom. The fourth-order valence-corrected chi connectivity index (χ4v) is 2.03. The molecule has 2 aliphatic rings. The highest BCUT2D eigenvalue weighted by Crippen LogP contribution is 2.27. The van der Waals surface area contributed by atoms with Crippen LogP contribution in [0.25, 0.3) is 0 Å². The minimum Gasteiger partial charge on any atom is -0.462 e. The Labute approximate surface area is 123 Å². The molecule has 5 nitrogen and oxygen atoms in total. The summed E-state index contributed by atoms with van der Waals surface area (Å²) < 4.78 is 9.97. The van der Waals surface area contributed by atoms with Gasteiger partial charge >= 0.3 is 11.9 Å². The van der Waals surface area contributed by atoms with Crippen LogP contribution in [-0.4, -0.2) is 30.1 Å². The van der Waals surface area contributed by atoms with E-state index in [0.717, 1.165) is 5.70 Å². The summed E-state index contributed by atoms with van der Waals surface area (Å²) in [5, 5.41) is 0. The molecular weight excluding hydrogens is 270 g/mol. The van der Waals surface area contributed by atoms with Crippen LogP contribution in [0, 0.1) is 0 Å². The number of ether oxygens (including phenoxy) is 2. The van der Waals surface area contributed by atoms with Gasteiger partial charge in [0.25, 0.3) is 0 Å². The molecule has 0 radical (unpaired) electrons. The van der Waals surface area contributed by atoms with Gasteiger partial charge in [-0.25, -0.2) is 9.59 Å². The summed E-state index contributed by atoms with van der Waals surface area (Å²) in [7, 11) is 0. The molecule has 5 heteroatoms. The number of hydrogen-bond donors (Lipinski definition) is 0. The van der Waals surface area contributed by atoms with Gasteiger partial charge in [-0.2, -0.15) is 0 Å². The number of rotatable bonds is 4. The molecule has 0 bridgehead atoms. The van der Waals surface area contributed by atoms with Crippen molar-refractivity contribution >= 4 is 11.9 Å². The zero-order valence-electron chi connectivity index (χ0n) is 12.0. The molecule has 2 rings (SSSR count). The molecule has 2 aliphatic heterocycles. The summed E-state index contributed by atoms with van der Waals surface area (Å²) in [6.07, 6.45) is 12.7. The van der Waals surface area contributed by atoms with E-state index in [9.17, 15) is 9.59 Å². The quantitative estimate of drug-likeness (QED) is 0.343. The summed E-state index contributed by atoms with van der Waals surface area (Å²) in [6, 6.07) is 0. The Balaban J connectivity index is 2.47. The van der Waals surface area contributed by atoms with Gasteiger partial charge in [0, 0.05) is 11.9 Å². The fraction of sp³-hybridized carbons (Fsp3) is 0.250. The number of carbonyl (C=O) groups excluding carboxylic acids is 2. The third kappa shape index (κ3) is 3.13. The van der Waals surface area contributed by atoms with Gasteiger partial charge in [0.2, 0.25) is 0 Å². The van der Waals surface area contributed by atoms with Crippen LogP contribution in [0.5, 0.6) is 0 Å². The molecule has 0 spiro atoms. The van der Waals surface area contributed by atoms with Crippen LogP contribution < -0.4 is 0 Å². The molecule has 0 aromatic heterocycles. The van der Waals surface area contributed by atoms with Gasteiger partial charge < -0.3 is 14.4 Å². The third-order valence-corrected chi connectivity index (χ3v) is 2.89. The lowest BCUT2D eigenvalue weighted by atomic mass is 10.1. The molecular formula is C16H17NO4. The standard InChI is InChI=1S/C16H17NO4/c1-3-20-15(18)14(16(19)21-4-2)13-10-7-9-12-8-5-6-11-17(12)13/h5-11H,3-4H2,1-2H3. The van der Waals surface area contributed by atoms with Gasteiger partial charge in [-0.05, 0) is 38.2 Å². The maximum absolute atomic E-state index is 12.1. The lowest BCUT2D eigenvalue weighted by Crippen LogP contribution is -2.27. The number of hydrogen-bond acceptors (Lipinski definition) is 5. The topological polar surface area (TPSA) is 55.8 Å². The Morgan fingerprint density at radius 2 is 1.67 bits per heavy atom. The molecule has 0 amide bonds. The molecule has 21 heavy (non-hydrogen) atoms. The van der Waals surface area contributed by atoms with Crippen LogP contribution in [-0.2, 0) is 19.1 Å². The second-order valence-electron chi connectivity index (χ2n) is 4.22. The van der Waals surface area contributed by atoms with E-state index in [-0.39, 0.29) is 18.8 Å². The first-order valence-electron chi connectivity index (χ1n) is 6.80. The molecule has 0 saturated heterocycles. The maximum Gasteiger partial charge on any atom is 0.347 e. The van der Waals surface area contributed by atoms with Gasteiger partial charge in [-0.1, -0.05) is 12.2 Å². The lowest BCUT2D eigenvalue weighted by molar-refractivity contribution is -0.146. The van der Waals surface area contributed by atoms with Crippen LogP contribution in [0.1, 0.15) is 13.8 Å². The Hall–Kier alpha value is -2.56. The smallest absolute Gasteiger partial charge is 0.347 e. The van der Waals surface area contributed by atoms with Crippen molar-refractivity contribution in [3.05, 3.63) is 59.6 Å². The van der Waals surface area contributed by atoms with Crippen molar-refractivity contribution in [2.24, 2.45) is 0 Å². The van der Waals surface area contributed by atoms with Crippen molar-refractivity contribution in [1.29, 1.82) is 0 Å². The van der Waals surface area contributed by atoms with Crippen molar-refractivity contribution in [2.45, 2.75) is 13.8 Å². The first-order chi connectivity index (χ1) is 10.2. The molecule has 0 N–H and O–H groups in total. The number of nitrogens with zero attached hydrogens (tertiary/aromatic N) is 1. The second kappa shape index (κ2) is 6.74. The van der Waals surface area contributed by atoms with E-state index in [1.54, 1.807) is 37.1 Å². The average molecular weight is 287 g/mol. The molecule has 2 heterocycles. The molecule has 110 valence electrons. The van der Waals surface area contributed by atoms with Crippen LogP contribution in [0.15, 0.2) is 59.6 Å². The molecule has 0 unspecified atom stereocenters. The van der Waals surface area contributed by atoms with E-state index in [1.165, 1.54) is 0 Å². The zero-order valence-corrected chi connectivity index (χ0v) is 12.0. The minimum atomic E-state index is -0.681. The van der Waals surface area contributed by atoms with Gasteiger partial charge in [0.15, 0.2) is 5.57 Å². The Morgan fingerprint density at radius 3 is 2.29 bits per heavy atom. The second-order valence-corrected chi connectivity index (χ2v) is 4.22. The van der Waals surface area contributed by atoms with Crippen molar-refractivity contribution in [3.8, 4) is 0 Å². The number of carbonyl (C=O) groups is 2. The van der Waals surface area contributed by atoms with Crippen LogP contribution in [0.2, 0.25) is 0 Å². The first-order valence-corrected chi connectivity index (χ1v) is 6.80. The van der Waals surface area contributed by atoms with E-state index >= 15 is 0 Å². The monoisotopic (exact) mass is 287 g/mol. The predicted octanol–water partition coefficient (Wildman–Crippen LogP) is 2.21. The molecule has 0 aromatic rings. The van der Waals surface area contributed by atoms with E-state index < -0.39 is 11.9 Å². The highest BCUT2D eigenvalue weighted by atomic mass is 16.6. The molecule has 0 aromatic carbocycles. The Bertz CT molecular complexity index is 573. The summed E-state index contributed by atoms with van der Waals surface area (Å²) in [5.41, 5.74) is 1.21. The zero-order chi connectivity index (χ0) is 15.2. The first kappa shape index (κ1) is 14.8. The van der Waals surface area contributed by atoms with Gasteiger partial charge in [-0.3, -0.25) is 0 Å². The lowest BCUT2D eigenvalue weighted by Gasteiger charge is -2.28. The molecule has 0 atom stereocenters. The fourth-order valence-electron chi connectivity index (χ4n) is 2.03. The number of fused-ring (bicyclic) bond motifs is 1. The van der Waals surface area contributed by atoms with Crippen molar-refractivity contribution in [2.75, 3.05) is 13.2 Å². The highest BCUT2D eigenvalue weighted by Gasteiger charge is 2.29. The normalized spacial score (nSPS) is 15.4. The average Bonchev–Trinajstić information content (AvgIpc) is 2.48. The van der Waals surface area contributed by atoms with E-state index in [2.05, 4.69) is 0 Å². The minimum absolute atomic E-state index is 0.0968. The Kier molecular flexibility index (Phi) is 4.77. The summed E-state index contributed by atoms with van der Waals surface area (Å²) in [4.78, 5) is 26.0. The van der Waals surface area contributed by atoms with Crippen molar-refractivity contribution < 1.29 is 19.1 Å². The molecule has 0 fully saturated rings. The summed E-state index contributed by atoms with van der Waals surface area (Å²) in [5.74, 6) is -1.36. The number of allylic oxidation sites excluding steroid dienone is 6. The van der Waals surface area contributed by atoms with Gasteiger partial charge in [-0.15, -0.1) is 0 Å². The summed E-state index contributed by atoms with van der Waals surface area (Å²) >= 11 is 0.